The van der Waals surface area contributed by atoms with Crippen molar-refractivity contribution in [3.05, 3.63) is 77.1 Å². The van der Waals surface area contributed by atoms with E-state index < -0.39 is 11.7 Å². The molecule has 0 aliphatic rings. The molecule has 0 aliphatic heterocycles. The molecule has 24 heavy (non-hydrogen) atoms. The number of halogens is 2. The van der Waals surface area contributed by atoms with Crippen LogP contribution in [0.1, 0.15) is 21.7 Å². The molecule has 0 saturated carbocycles. The summed E-state index contributed by atoms with van der Waals surface area (Å²) in [6.07, 6.45) is 0. The van der Waals surface area contributed by atoms with Crippen molar-refractivity contribution < 1.29 is 18.1 Å². The third kappa shape index (κ3) is 3.32. The molecule has 0 radical (unpaired) electrons. The average Bonchev–Trinajstić information content (AvgIpc) is 2.96. The van der Waals surface area contributed by atoms with Crippen LogP contribution in [-0.4, -0.2) is 11.1 Å². The first-order valence-corrected chi connectivity index (χ1v) is 7.29. The van der Waals surface area contributed by atoms with E-state index in [1.54, 1.807) is 25.1 Å². The summed E-state index contributed by atoms with van der Waals surface area (Å²) in [6.45, 7) is 1.84. The van der Waals surface area contributed by atoms with Crippen LogP contribution in [0.25, 0.3) is 11.3 Å². The smallest absolute Gasteiger partial charge is 0.257 e. The molecule has 1 N–H and O–H groups in total. The molecule has 0 saturated heterocycles. The number of hydrogen-bond donors (Lipinski definition) is 1. The first-order chi connectivity index (χ1) is 11.5. The summed E-state index contributed by atoms with van der Waals surface area (Å²) in [5.74, 6) is -0.817. The maximum absolute atomic E-state index is 13.4. The standard InChI is InChI=1S/C18H14F2N2O2/c1-11-16(17(22-24-11)13-3-2-4-15(20)9-13)18(23)21-10-12-5-7-14(19)8-6-12/h2-9H,10H2,1H3,(H,21,23). The molecular formula is C18H14F2N2O2. The lowest BCUT2D eigenvalue weighted by Crippen LogP contribution is -2.23. The fraction of sp³-hybridized carbons (Fsp3) is 0.111. The van der Waals surface area contributed by atoms with Crippen LogP contribution < -0.4 is 5.32 Å². The minimum Gasteiger partial charge on any atom is -0.360 e. The first-order valence-electron chi connectivity index (χ1n) is 7.29. The van der Waals surface area contributed by atoms with E-state index >= 15 is 0 Å². The second kappa shape index (κ2) is 6.62. The van der Waals surface area contributed by atoms with Gasteiger partial charge in [-0.3, -0.25) is 4.79 Å². The number of aromatic nitrogens is 1. The Balaban J connectivity index is 1.82. The highest BCUT2D eigenvalue weighted by Crippen LogP contribution is 2.25. The summed E-state index contributed by atoms with van der Waals surface area (Å²) in [6, 6.07) is 11.6. The quantitative estimate of drug-likeness (QED) is 0.791. The van der Waals surface area contributed by atoms with Crippen LogP contribution in [0.3, 0.4) is 0 Å². The maximum atomic E-state index is 13.4. The number of nitrogens with zero attached hydrogens (tertiary/aromatic N) is 1. The molecule has 1 aromatic heterocycles. The molecule has 0 fully saturated rings. The molecule has 3 rings (SSSR count). The van der Waals surface area contributed by atoms with E-state index in [1.807, 2.05) is 0 Å². The van der Waals surface area contributed by atoms with Gasteiger partial charge in [-0.2, -0.15) is 0 Å². The van der Waals surface area contributed by atoms with Crippen molar-refractivity contribution in [2.45, 2.75) is 13.5 Å². The molecule has 122 valence electrons. The number of carbonyl (C=O) groups excluding carboxylic acids is 1. The van der Waals surface area contributed by atoms with Gasteiger partial charge in [-0.25, -0.2) is 8.78 Å². The Morgan fingerprint density at radius 3 is 2.58 bits per heavy atom. The van der Waals surface area contributed by atoms with Crippen LogP contribution in [0.15, 0.2) is 53.1 Å². The predicted molar refractivity (Wildman–Crippen MR) is 84.2 cm³/mol. The Morgan fingerprint density at radius 1 is 1.12 bits per heavy atom. The molecule has 0 bridgehead atoms. The van der Waals surface area contributed by atoms with Crippen LogP contribution in [0.2, 0.25) is 0 Å². The van der Waals surface area contributed by atoms with Crippen molar-refractivity contribution in [2.75, 3.05) is 0 Å². The number of hydrogen-bond acceptors (Lipinski definition) is 3. The highest BCUT2D eigenvalue weighted by atomic mass is 19.1. The first kappa shape index (κ1) is 15.9. The van der Waals surface area contributed by atoms with E-state index in [0.29, 0.717) is 11.3 Å². The summed E-state index contributed by atoms with van der Waals surface area (Å²) in [7, 11) is 0. The lowest BCUT2D eigenvalue weighted by molar-refractivity contribution is 0.0950. The van der Waals surface area contributed by atoms with Gasteiger partial charge in [0.15, 0.2) is 0 Å². The van der Waals surface area contributed by atoms with Gasteiger partial charge in [0.2, 0.25) is 0 Å². The Hall–Kier alpha value is -3.02. The monoisotopic (exact) mass is 328 g/mol. The summed E-state index contributed by atoms with van der Waals surface area (Å²) in [4.78, 5) is 12.5. The Labute approximate surface area is 137 Å². The zero-order valence-corrected chi connectivity index (χ0v) is 12.8. The van der Waals surface area contributed by atoms with Crippen molar-refractivity contribution in [2.24, 2.45) is 0 Å². The Kier molecular flexibility index (Phi) is 4.37. The van der Waals surface area contributed by atoms with Gasteiger partial charge in [0, 0.05) is 12.1 Å². The van der Waals surface area contributed by atoms with E-state index in [2.05, 4.69) is 10.5 Å². The predicted octanol–water partition coefficient (Wildman–Crippen LogP) is 3.86. The topological polar surface area (TPSA) is 55.1 Å². The highest BCUT2D eigenvalue weighted by molar-refractivity contribution is 6.00. The Morgan fingerprint density at radius 2 is 1.88 bits per heavy atom. The number of carbonyl (C=O) groups is 1. The van der Waals surface area contributed by atoms with Crippen molar-refractivity contribution in [1.82, 2.24) is 10.5 Å². The summed E-state index contributed by atoms with van der Waals surface area (Å²) >= 11 is 0. The highest BCUT2D eigenvalue weighted by Gasteiger charge is 2.21. The van der Waals surface area contributed by atoms with Gasteiger partial charge in [-0.15, -0.1) is 0 Å². The maximum Gasteiger partial charge on any atom is 0.257 e. The van der Waals surface area contributed by atoms with Crippen LogP contribution in [0, 0.1) is 18.6 Å². The minimum atomic E-state index is -0.425. The van der Waals surface area contributed by atoms with Gasteiger partial charge in [-0.1, -0.05) is 29.4 Å². The molecule has 0 spiro atoms. The van der Waals surface area contributed by atoms with Gasteiger partial charge < -0.3 is 9.84 Å². The summed E-state index contributed by atoms with van der Waals surface area (Å²) in [5, 5.41) is 6.59. The average molecular weight is 328 g/mol. The third-order valence-corrected chi connectivity index (χ3v) is 3.55. The molecule has 1 amide bonds. The number of aryl methyl sites for hydroxylation is 1. The molecule has 3 aromatic rings. The van der Waals surface area contributed by atoms with Crippen molar-refractivity contribution in [3.63, 3.8) is 0 Å². The second-order valence-corrected chi connectivity index (χ2v) is 5.28. The normalized spacial score (nSPS) is 10.6. The molecule has 0 unspecified atom stereocenters. The molecule has 2 aromatic carbocycles. The number of rotatable bonds is 4. The zero-order valence-electron chi connectivity index (χ0n) is 12.8. The summed E-state index contributed by atoms with van der Waals surface area (Å²) < 4.78 is 31.4. The van der Waals surface area contributed by atoms with Gasteiger partial charge in [0.1, 0.15) is 28.7 Å². The third-order valence-electron chi connectivity index (χ3n) is 3.55. The van der Waals surface area contributed by atoms with Gasteiger partial charge in [-0.05, 0) is 36.8 Å². The van der Waals surface area contributed by atoms with Crippen LogP contribution in [0.4, 0.5) is 8.78 Å². The molecule has 0 atom stereocenters. The number of benzene rings is 2. The van der Waals surface area contributed by atoms with Crippen LogP contribution >= 0.6 is 0 Å². The van der Waals surface area contributed by atoms with E-state index in [0.717, 1.165) is 5.56 Å². The van der Waals surface area contributed by atoms with E-state index in [9.17, 15) is 13.6 Å². The van der Waals surface area contributed by atoms with Crippen LogP contribution in [0.5, 0.6) is 0 Å². The van der Waals surface area contributed by atoms with Gasteiger partial charge in [0.05, 0.1) is 0 Å². The summed E-state index contributed by atoms with van der Waals surface area (Å²) in [5.41, 5.74) is 1.75. The largest absolute Gasteiger partial charge is 0.360 e. The number of amides is 1. The van der Waals surface area contributed by atoms with Crippen LogP contribution in [-0.2, 0) is 6.54 Å². The van der Waals surface area contributed by atoms with Crippen molar-refractivity contribution in [1.29, 1.82) is 0 Å². The van der Waals surface area contributed by atoms with Crippen molar-refractivity contribution in [3.8, 4) is 11.3 Å². The molecule has 6 heteroatoms. The number of nitrogens with one attached hydrogen (secondary N) is 1. The van der Waals surface area contributed by atoms with E-state index in [4.69, 9.17) is 4.52 Å². The van der Waals surface area contributed by atoms with Gasteiger partial charge >= 0.3 is 0 Å². The molecular weight excluding hydrogens is 314 g/mol. The molecule has 4 nitrogen and oxygen atoms in total. The zero-order chi connectivity index (χ0) is 17.1. The van der Waals surface area contributed by atoms with Crippen molar-refractivity contribution >= 4 is 5.91 Å². The second-order valence-electron chi connectivity index (χ2n) is 5.28. The fourth-order valence-corrected chi connectivity index (χ4v) is 2.35. The molecule has 0 aliphatic carbocycles. The minimum absolute atomic E-state index is 0.228. The Bertz CT molecular complexity index is 873. The fourth-order valence-electron chi connectivity index (χ4n) is 2.35. The van der Waals surface area contributed by atoms with E-state index in [1.165, 1.54) is 30.3 Å². The SMILES string of the molecule is Cc1onc(-c2cccc(F)c2)c1C(=O)NCc1ccc(F)cc1. The van der Waals surface area contributed by atoms with E-state index in [-0.39, 0.29) is 23.6 Å². The lowest BCUT2D eigenvalue weighted by Gasteiger charge is -2.06. The molecule has 1 heterocycles. The lowest BCUT2D eigenvalue weighted by atomic mass is 10.1. The van der Waals surface area contributed by atoms with Gasteiger partial charge in [0.25, 0.3) is 5.91 Å².